The smallest absolute Gasteiger partial charge is 0.268 e. The predicted octanol–water partition coefficient (Wildman–Crippen LogP) is 1.42. The second kappa shape index (κ2) is 4.47. The van der Waals surface area contributed by atoms with E-state index in [-0.39, 0.29) is 18.0 Å². The second-order valence-corrected chi connectivity index (χ2v) is 4.81. The quantitative estimate of drug-likeness (QED) is 0.841. The predicted molar refractivity (Wildman–Crippen MR) is 64.0 cm³/mol. The van der Waals surface area contributed by atoms with Gasteiger partial charge in [-0.1, -0.05) is 11.6 Å². The van der Waals surface area contributed by atoms with Gasteiger partial charge in [-0.05, 0) is 19.9 Å². The first-order valence-electron chi connectivity index (χ1n) is 5.47. The molecule has 0 unspecified atom stereocenters. The number of carbonyl (C=O) groups is 1. The third kappa shape index (κ3) is 2.23. The van der Waals surface area contributed by atoms with E-state index in [1.165, 1.54) is 0 Å². The summed E-state index contributed by atoms with van der Waals surface area (Å²) in [4.78, 5) is 12.0. The van der Waals surface area contributed by atoms with Crippen LogP contribution in [-0.2, 0) is 0 Å². The van der Waals surface area contributed by atoms with E-state index in [2.05, 4.69) is 10.6 Å². The molecular weight excluding hydrogens is 226 g/mol. The Morgan fingerprint density at radius 3 is 2.81 bits per heavy atom. The zero-order chi connectivity index (χ0) is 11.7. The largest absolute Gasteiger partial charge is 0.345 e. The molecule has 2 rings (SSSR count). The van der Waals surface area contributed by atoms with E-state index in [0.29, 0.717) is 10.7 Å². The van der Waals surface area contributed by atoms with Crippen LogP contribution in [0.1, 0.15) is 30.4 Å². The van der Waals surface area contributed by atoms with Gasteiger partial charge in [0.05, 0.1) is 11.1 Å². The van der Waals surface area contributed by atoms with E-state index in [1.807, 2.05) is 18.4 Å². The van der Waals surface area contributed by atoms with Gasteiger partial charge in [0.15, 0.2) is 0 Å². The third-order valence-corrected chi connectivity index (χ3v) is 2.93. The zero-order valence-corrected chi connectivity index (χ0v) is 10.2. The number of rotatable bonds is 3. The molecular formula is C11H16ClN3O. The molecule has 0 bridgehead atoms. The molecule has 0 saturated carbocycles. The highest BCUT2D eigenvalue weighted by molar-refractivity contribution is 6.31. The van der Waals surface area contributed by atoms with E-state index in [0.717, 1.165) is 13.1 Å². The number of nitrogens with zero attached hydrogens (tertiary/aromatic N) is 1. The summed E-state index contributed by atoms with van der Waals surface area (Å²) in [5.41, 5.74) is 0.631. The number of hydrogen-bond donors (Lipinski definition) is 2. The molecule has 0 spiro atoms. The van der Waals surface area contributed by atoms with Crippen LogP contribution in [0, 0.1) is 0 Å². The van der Waals surface area contributed by atoms with Crippen molar-refractivity contribution in [3.05, 3.63) is 23.0 Å². The summed E-state index contributed by atoms with van der Waals surface area (Å²) in [6.45, 7) is 5.75. The highest BCUT2D eigenvalue weighted by atomic mass is 35.5. The average Bonchev–Trinajstić information content (AvgIpc) is 2.53. The fourth-order valence-electron chi connectivity index (χ4n) is 1.70. The number of carbonyl (C=O) groups excluding carboxylic acids is 1. The van der Waals surface area contributed by atoms with E-state index in [1.54, 1.807) is 12.3 Å². The maximum absolute atomic E-state index is 12.0. The van der Waals surface area contributed by atoms with Crippen LogP contribution in [0.25, 0.3) is 0 Å². The first kappa shape index (κ1) is 11.5. The summed E-state index contributed by atoms with van der Waals surface area (Å²) < 4.78 is 1.89. The van der Waals surface area contributed by atoms with E-state index in [9.17, 15) is 4.79 Å². The molecule has 0 atom stereocenters. The lowest BCUT2D eigenvalue weighted by atomic mass is 10.2. The molecule has 16 heavy (non-hydrogen) atoms. The van der Waals surface area contributed by atoms with Crippen LogP contribution in [0.5, 0.6) is 0 Å². The average molecular weight is 242 g/mol. The zero-order valence-electron chi connectivity index (χ0n) is 9.46. The van der Waals surface area contributed by atoms with Gasteiger partial charge in [-0.25, -0.2) is 0 Å². The van der Waals surface area contributed by atoms with Crippen molar-refractivity contribution in [2.45, 2.75) is 25.9 Å². The number of aromatic nitrogens is 1. The van der Waals surface area contributed by atoms with Gasteiger partial charge >= 0.3 is 0 Å². The molecule has 88 valence electrons. The molecule has 1 aromatic rings. The fraction of sp³-hybridized carbons (Fsp3) is 0.545. The molecule has 5 heteroatoms. The maximum Gasteiger partial charge on any atom is 0.268 e. The summed E-state index contributed by atoms with van der Waals surface area (Å²) in [6, 6.07) is 2.19. The number of hydrogen-bond acceptors (Lipinski definition) is 2. The Hall–Kier alpha value is -1.00. The summed E-state index contributed by atoms with van der Waals surface area (Å²) in [5, 5.41) is 6.68. The van der Waals surface area contributed by atoms with Gasteiger partial charge in [-0.15, -0.1) is 0 Å². The van der Waals surface area contributed by atoms with E-state index in [4.69, 9.17) is 11.6 Å². The Morgan fingerprint density at radius 1 is 1.62 bits per heavy atom. The highest BCUT2D eigenvalue weighted by Crippen LogP contribution is 2.18. The topological polar surface area (TPSA) is 46.1 Å². The standard InChI is InChI=1S/C11H16ClN3O/c1-7(2)15-6-8(12)3-10(15)11(16)14-9-4-13-5-9/h3,6-7,9,13H,4-5H2,1-2H3,(H,14,16). The first-order chi connectivity index (χ1) is 7.58. The molecule has 0 aromatic carbocycles. The lowest BCUT2D eigenvalue weighted by Gasteiger charge is -2.28. The van der Waals surface area contributed by atoms with Gasteiger partial charge in [-0.2, -0.15) is 0 Å². The van der Waals surface area contributed by atoms with Gasteiger partial charge in [-0.3, -0.25) is 4.79 Å². The van der Waals surface area contributed by atoms with Crippen molar-refractivity contribution < 1.29 is 4.79 Å². The van der Waals surface area contributed by atoms with Crippen molar-refractivity contribution in [2.24, 2.45) is 0 Å². The van der Waals surface area contributed by atoms with Crippen molar-refractivity contribution >= 4 is 17.5 Å². The Balaban J connectivity index is 2.14. The minimum absolute atomic E-state index is 0.0490. The van der Waals surface area contributed by atoms with Crippen molar-refractivity contribution in [2.75, 3.05) is 13.1 Å². The molecule has 0 aliphatic carbocycles. The van der Waals surface area contributed by atoms with Crippen LogP contribution in [-0.4, -0.2) is 29.6 Å². The highest BCUT2D eigenvalue weighted by Gasteiger charge is 2.22. The summed E-state index contributed by atoms with van der Waals surface area (Å²) in [6.07, 6.45) is 1.79. The lowest BCUT2D eigenvalue weighted by Crippen LogP contribution is -2.57. The third-order valence-electron chi connectivity index (χ3n) is 2.72. The second-order valence-electron chi connectivity index (χ2n) is 4.37. The monoisotopic (exact) mass is 241 g/mol. The lowest BCUT2D eigenvalue weighted by molar-refractivity contribution is 0.0913. The van der Waals surface area contributed by atoms with Crippen LogP contribution in [0.2, 0.25) is 5.02 Å². The Morgan fingerprint density at radius 2 is 2.31 bits per heavy atom. The molecule has 1 fully saturated rings. The van der Waals surface area contributed by atoms with Gasteiger partial charge in [0.25, 0.3) is 5.91 Å². The van der Waals surface area contributed by atoms with Crippen molar-refractivity contribution in [1.82, 2.24) is 15.2 Å². The summed E-state index contributed by atoms with van der Waals surface area (Å²) in [7, 11) is 0. The molecule has 1 amide bonds. The minimum atomic E-state index is -0.0490. The molecule has 1 aliphatic heterocycles. The molecule has 0 radical (unpaired) electrons. The summed E-state index contributed by atoms with van der Waals surface area (Å²) >= 11 is 5.92. The van der Waals surface area contributed by atoms with Crippen LogP contribution in [0.4, 0.5) is 0 Å². The molecule has 1 saturated heterocycles. The van der Waals surface area contributed by atoms with Crippen molar-refractivity contribution in [3.63, 3.8) is 0 Å². The van der Waals surface area contributed by atoms with Crippen LogP contribution >= 0.6 is 11.6 Å². The maximum atomic E-state index is 12.0. The Bertz CT molecular complexity index is 396. The molecule has 1 aromatic heterocycles. The molecule has 1 aliphatic rings. The van der Waals surface area contributed by atoms with E-state index < -0.39 is 0 Å². The van der Waals surface area contributed by atoms with Gasteiger partial charge in [0.1, 0.15) is 5.69 Å². The number of amides is 1. The number of nitrogens with one attached hydrogen (secondary N) is 2. The Labute approximate surface area is 100.0 Å². The molecule has 4 nitrogen and oxygen atoms in total. The minimum Gasteiger partial charge on any atom is -0.345 e. The SMILES string of the molecule is CC(C)n1cc(Cl)cc1C(=O)NC1CNC1. The normalized spacial score (nSPS) is 16.2. The van der Waals surface area contributed by atoms with Crippen LogP contribution in [0.15, 0.2) is 12.3 Å². The fourth-order valence-corrected chi connectivity index (χ4v) is 1.91. The van der Waals surface area contributed by atoms with Gasteiger partial charge in [0.2, 0.25) is 0 Å². The van der Waals surface area contributed by atoms with Crippen LogP contribution in [0.3, 0.4) is 0 Å². The molecule has 2 N–H and O–H groups in total. The van der Waals surface area contributed by atoms with Crippen molar-refractivity contribution in [1.29, 1.82) is 0 Å². The number of halogens is 1. The summed E-state index contributed by atoms with van der Waals surface area (Å²) in [5.74, 6) is -0.0490. The van der Waals surface area contributed by atoms with Crippen LogP contribution < -0.4 is 10.6 Å². The molecule has 2 heterocycles. The van der Waals surface area contributed by atoms with Crippen molar-refractivity contribution in [3.8, 4) is 0 Å². The van der Waals surface area contributed by atoms with Gasteiger partial charge in [0, 0.05) is 25.3 Å². The Kier molecular flexibility index (Phi) is 3.21. The van der Waals surface area contributed by atoms with E-state index >= 15 is 0 Å². The van der Waals surface area contributed by atoms with Gasteiger partial charge < -0.3 is 15.2 Å². The first-order valence-corrected chi connectivity index (χ1v) is 5.84.